The van der Waals surface area contributed by atoms with Gasteiger partial charge in [0.25, 0.3) is 0 Å². The van der Waals surface area contributed by atoms with Crippen LogP contribution in [0.5, 0.6) is 0 Å². The van der Waals surface area contributed by atoms with E-state index in [-0.39, 0.29) is 9.84 Å². The van der Waals surface area contributed by atoms with Gasteiger partial charge in [0.1, 0.15) is 0 Å². The molecule has 0 saturated carbocycles. The first-order valence-electron chi connectivity index (χ1n) is 6.05. The van der Waals surface area contributed by atoms with Gasteiger partial charge in [0.05, 0.1) is 0 Å². The molecular weight excluding hydrogens is 200 g/mol. The van der Waals surface area contributed by atoms with E-state index in [9.17, 15) is 0 Å². The summed E-state index contributed by atoms with van der Waals surface area (Å²) in [5, 5.41) is 0. The van der Waals surface area contributed by atoms with E-state index in [1.807, 2.05) is 0 Å². The van der Waals surface area contributed by atoms with Gasteiger partial charge in [-0.25, -0.2) is 0 Å². The standard InChI is InChI=1S/C12H26N2Si/c1-7-11(3,4)13-9-10-14(15-13)12(5,6)8-2/h9-10H,7-8,15H2,1-6H3. The Morgan fingerprint density at radius 3 is 1.47 bits per heavy atom. The molecule has 0 spiro atoms. The Bertz CT molecular complexity index is 222. The number of hydrogen-bond acceptors (Lipinski definition) is 2. The predicted molar refractivity (Wildman–Crippen MR) is 70.1 cm³/mol. The van der Waals surface area contributed by atoms with Gasteiger partial charge in [-0.1, -0.05) is 13.8 Å². The molecule has 0 atom stereocenters. The van der Waals surface area contributed by atoms with Crippen molar-refractivity contribution in [2.45, 2.75) is 65.5 Å². The Morgan fingerprint density at radius 1 is 0.867 bits per heavy atom. The molecule has 3 heteroatoms. The number of nitrogens with zero attached hydrogens (tertiary/aromatic N) is 2. The molecule has 0 aromatic carbocycles. The largest absolute Gasteiger partial charge is 0.386 e. The summed E-state index contributed by atoms with van der Waals surface area (Å²) in [4.78, 5) is 0. The van der Waals surface area contributed by atoms with E-state index in [2.05, 4.69) is 63.1 Å². The molecule has 1 aliphatic heterocycles. The summed E-state index contributed by atoms with van der Waals surface area (Å²) in [7, 11) is -0.304. The van der Waals surface area contributed by atoms with Crippen LogP contribution in [-0.2, 0) is 0 Å². The lowest BCUT2D eigenvalue weighted by Gasteiger charge is -2.40. The highest BCUT2D eigenvalue weighted by molar-refractivity contribution is 6.31. The second kappa shape index (κ2) is 4.20. The third-order valence-electron chi connectivity index (χ3n) is 4.02. The predicted octanol–water partition coefficient (Wildman–Crippen LogP) is 2.45. The Morgan fingerprint density at radius 2 is 1.20 bits per heavy atom. The first-order chi connectivity index (χ1) is 6.83. The first-order valence-corrected chi connectivity index (χ1v) is 7.32. The monoisotopic (exact) mass is 226 g/mol. The van der Waals surface area contributed by atoms with Gasteiger partial charge in [-0.05, 0) is 40.5 Å². The maximum Gasteiger partial charge on any atom is 0.231 e. The van der Waals surface area contributed by atoms with Crippen LogP contribution in [0.25, 0.3) is 0 Å². The summed E-state index contributed by atoms with van der Waals surface area (Å²) in [5.74, 6) is 0. The van der Waals surface area contributed by atoms with Crippen molar-refractivity contribution in [1.82, 2.24) is 9.13 Å². The molecule has 0 amide bonds. The maximum atomic E-state index is 2.57. The van der Waals surface area contributed by atoms with Gasteiger partial charge < -0.3 is 9.13 Å². The van der Waals surface area contributed by atoms with Crippen LogP contribution in [0, 0.1) is 0 Å². The smallest absolute Gasteiger partial charge is 0.231 e. The minimum absolute atomic E-state index is 0.304. The zero-order chi connectivity index (χ0) is 11.7. The van der Waals surface area contributed by atoms with Gasteiger partial charge in [0.15, 0.2) is 0 Å². The van der Waals surface area contributed by atoms with Crippen LogP contribution in [0.1, 0.15) is 54.4 Å². The van der Waals surface area contributed by atoms with Gasteiger partial charge in [-0.3, -0.25) is 0 Å². The Balaban J connectivity index is 2.66. The van der Waals surface area contributed by atoms with E-state index >= 15 is 0 Å². The fraction of sp³-hybridized carbons (Fsp3) is 0.833. The zero-order valence-corrected chi connectivity index (χ0v) is 12.6. The van der Waals surface area contributed by atoms with Gasteiger partial charge >= 0.3 is 0 Å². The maximum absolute atomic E-state index is 2.57. The Kier molecular flexibility index (Phi) is 3.54. The van der Waals surface area contributed by atoms with E-state index in [0.29, 0.717) is 11.1 Å². The summed E-state index contributed by atoms with van der Waals surface area (Å²) < 4.78 is 5.15. The van der Waals surface area contributed by atoms with Crippen molar-refractivity contribution < 1.29 is 0 Å². The normalized spacial score (nSPS) is 17.7. The summed E-state index contributed by atoms with van der Waals surface area (Å²) in [6.07, 6.45) is 7.02. The van der Waals surface area contributed by atoms with Crippen molar-refractivity contribution in [3.63, 3.8) is 0 Å². The highest BCUT2D eigenvalue weighted by Gasteiger charge is 2.32. The third-order valence-corrected chi connectivity index (χ3v) is 6.76. The molecule has 0 saturated heterocycles. The molecule has 0 aliphatic carbocycles. The molecular formula is C12H26N2Si. The minimum Gasteiger partial charge on any atom is -0.386 e. The van der Waals surface area contributed by atoms with Crippen molar-refractivity contribution in [1.29, 1.82) is 0 Å². The molecule has 2 nitrogen and oxygen atoms in total. The quantitative estimate of drug-likeness (QED) is 0.680. The molecule has 88 valence electrons. The third kappa shape index (κ3) is 2.57. The van der Waals surface area contributed by atoms with E-state index in [1.165, 1.54) is 12.8 Å². The fourth-order valence-corrected chi connectivity index (χ4v) is 3.53. The second-order valence-electron chi connectivity index (χ2n) is 5.71. The molecule has 0 radical (unpaired) electrons. The summed E-state index contributed by atoms with van der Waals surface area (Å²) >= 11 is 0. The van der Waals surface area contributed by atoms with E-state index in [4.69, 9.17) is 0 Å². The van der Waals surface area contributed by atoms with Crippen molar-refractivity contribution in [3.8, 4) is 0 Å². The molecule has 0 unspecified atom stereocenters. The molecule has 1 rings (SSSR count). The number of rotatable bonds is 4. The van der Waals surface area contributed by atoms with E-state index < -0.39 is 0 Å². The van der Waals surface area contributed by atoms with E-state index in [0.717, 1.165) is 0 Å². The van der Waals surface area contributed by atoms with Crippen LogP contribution in [0.4, 0.5) is 0 Å². The molecule has 0 fully saturated rings. The highest BCUT2D eigenvalue weighted by Crippen LogP contribution is 2.27. The lowest BCUT2D eigenvalue weighted by molar-refractivity contribution is 0.256. The van der Waals surface area contributed by atoms with Crippen LogP contribution < -0.4 is 0 Å². The fourth-order valence-electron chi connectivity index (χ4n) is 1.61. The molecule has 0 aromatic heterocycles. The topological polar surface area (TPSA) is 6.48 Å². The molecule has 0 bridgehead atoms. The molecule has 0 aromatic rings. The lowest BCUT2D eigenvalue weighted by atomic mass is 10.0. The van der Waals surface area contributed by atoms with Crippen molar-refractivity contribution in [2.75, 3.05) is 0 Å². The van der Waals surface area contributed by atoms with Crippen molar-refractivity contribution >= 4 is 9.84 Å². The van der Waals surface area contributed by atoms with Crippen LogP contribution in [0.15, 0.2) is 12.4 Å². The Hall–Kier alpha value is -0.443. The molecule has 15 heavy (non-hydrogen) atoms. The average Bonchev–Trinajstić information content (AvgIpc) is 2.67. The lowest BCUT2D eigenvalue weighted by Crippen LogP contribution is -2.49. The van der Waals surface area contributed by atoms with Crippen molar-refractivity contribution in [2.24, 2.45) is 0 Å². The number of hydrogen-bond donors (Lipinski definition) is 0. The summed E-state index contributed by atoms with van der Waals surface area (Å²) in [5.41, 5.74) is 0.669. The van der Waals surface area contributed by atoms with Gasteiger partial charge in [-0.15, -0.1) is 0 Å². The van der Waals surface area contributed by atoms with Crippen LogP contribution in [0.2, 0.25) is 0 Å². The van der Waals surface area contributed by atoms with Crippen LogP contribution in [0.3, 0.4) is 0 Å². The average molecular weight is 226 g/mol. The summed E-state index contributed by atoms with van der Waals surface area (Å²) in [6.45, 7) is 13.9. The van der Waals surface area contributed by atoms with Gasteiger partial charge in [0.2, 0.25) is 9.84 Å². The van der Waals surface area contributed by atoms with Gasteiger partial charge in [-0.2, -0.15) is 0 Å². The minimum atomic E-state index is -0.304. The molecule has 1 heterocycles. The SMILES string of the molecule is CCC(C)(C)N1C=CN(C(C)(C)CC)[SiH2]1. The Labute approximate surface area is 97.3 Å². The van der Waals surface area contributed by atoms with E-state index in [1.54, 1.807) is 0 Å². The summed E-state index contributed by atoms with van der Waals surface area (Å²) in [6, 6.07) is 0. The first kappa shape index (κ1) is 12.6. The molecule has 1 aliphatic rings. The van der Waals surface area contributed by atoms with Crippen LogP contribution in [-0.4, -0.2) is 30.1 Å². The second-order valence-corrected chi connectivity index (χ2v) is 7.36. The molecule has 0 N–H and O–H groups in total. The highest BCUT2D eigenvalue weighted by atomic mass is 28.2. The van der Waals surface area contributed by atoms with Crippen LogP contribution >= 0.6 is 0 Å². The van der Waals surface area contributed by atoms with Gasteiger partial charge in [0, 0.05) is 23.5 Å². The van der Waals surface area contributed by atoms with Crippen molar-refractivity contribution in [3.05, 3.63) is 12.4 Å². The zero-order valence-electron chi connectivity index (χ0n) is 11.2.